The number of carbonyl (C=O) groups is 4. The summed E-state index contributed by atoms with van der Waals surface area (Å²) in [5, 5.41) is 0. The number of ether oxygens (including phenoxy) is 2. The van der Waals surface area contributed by atoms with Crippen molar-refractivity contribution in [3.05, 3.63) is 46.5 Å². The Kier molecular flexibility index (Phi) is 5.67. The summed E-state index contributed by atoms with van der Waals surface area (Å²) >= 11 is 0. The van der Waals surface area contributed by atoms with Crippen molar-refractivity contribution < 1.29 is 28.7 Å². The number of rotatable bonds is 5. The number of hydrogen-bond donors (Lipinski definition) is 0. The van der Waals surface area contributed by atoms with Gasteiger partial charge in [0.1, 0.15) is 11.5 Å². The Labute approximate surface area is 150 Å². The summed E-state index contributed by atoms with van der Waals surface area (Å²) in [4.78, 5) is 45.6. The molecule has 2 aromatic rings. The van der Waals surface area contributed by atoms with Crippen molar-refractivity contribution in [3.63, 3.8) is 0 Å². The highest BCUT2D eigenvalue weighted by Gasteiger charge is 2.18. The maximum Gasteiger partial charge on any atom is 0.308 e. The van der Waals surface area contributed by atoms with E-state index in [1.54, 1.807) is 26.0 Å². The zero-order chi connectivity index (χ0) is 19.4. The number of benzene rings is 2. The second-order valence-electron chi connectivity index (χ2n) is 5.83. The van der Waals surface area contributed by atoms with Gasteiger partial charge in [0, 0.05) is 25.0 Å². The normalized spacial score (nSPS) is 10.2. The lowest BCUT2D eigenvalue weighted by molar-refractivity contribution is -0.132. The van der Waals surface area contributed by atoms with Crippen molar-refractivity contribution in [1.82, 2.24) is 0 Å². The Hall–Kier alpha value is -3.28. The third kappa shape index (κ3) is 4.03. The van der Waals surface area contributed by atoms with Gasteiger partial charge in [-0.1, -0.05) is 0 Å². The molecule has 26 heavy (non-hydrogen) atoms. The van der Waals surface area contributed by atoms with Gasteiger partial charge in [0.25, 0.3) is 0 Å². The van der Waals surface area contributed by atoms with Crippen LogP contribution in [0, 0.1) is 13.8 Å². The van der Waals surface area contributed by atoms with Crippen molar-refractivity contribution in [3.8, 4) is 22.6 Å². The molecule has 0 unspecified atom stereocenters. The third-order valence-electron chi connectivity index (χ3n) is 3.71. The van der Waals surface area contributed by atoms with Gasteiger partial charge < -0.3 is 9.47 Å². The molecule has 0 radical (unpaired) electrons. The van der Waals surface area contributed by atoms with E-state index in [-0.39, 0.29) is 22.6 Å². The average Bonchev–Trinajstić information content (AvgIpc) is 2.53. The molecule has 0 saturated heterocycles. The van der Waals surface area contributed by atoms with E-state index in [9.17, 15) is 19.2 Å². The van der Waals surface area contributed by atoms with Crippen molar-refractivity contribution in [1.29, 1.82) is 0 Å². The lowest BCUT2D eigenvalue weighted by Crippen LogP contribution is -2.06. The summed E-state index contributed by atoms with van der Waals surface area (Å²) in [6.45, 7) is 6.05. The van der Waals surface area contributed by atoms with Gasteiger partial charge in [-0.2, -0.15) is 0 Å². The van der Waals surface area contributed by atoms with E-state index >= 15 is 0 Å². The first kappa shape index (κ1) is 19.1. The summed E-state index contributed by atoms with van der Waals surface area (Å²) in [5.41, 5.74) is 3.02. The molecule has 0 fully saturated rings. The fourth-order valence-electron chi connectivity index (χ4n) is 2.88. The summed E-state index contributed by atoms with van der Waals surface area (Å²) in [7, 11) is 0. The summed E-state index contributed by atoms with van der Waals surface area (Å²) in [5.74, 6) is -0.487. The summed E-state index contributed by atoms with van der Waals surface area (Å²) < 4.78 is 10.1. The molecule has 0 saturated carbocycles. The smallest absolute Gasteiger partial charge is 0.308 e. The molecule has 0 spiro atoms. The lowest BCUT2D eigenvalue weighted by Gasteiger charge is -2.17. The van der Waals surface area contributed by atoms with E-state index < -0.39 is 11.9 Å². The highest BCUT2D eigenvalue weighted by atomic mass is 16.5. The molecule has 2 rings (SSSR count). The molecule has 0 aliphatic rings. The first-order valence-corrected chi connectivity index (χ1v) is 7.83. The molecule has 0 bridgehead atoms. The van der Waals surface area contributed by atoms with Crippen LogP contribution in [0.3, 0.4) is 0 Å². The van der Waals surface area contributed by atoms with Crippen LogP contribution in [0.5, 0.6) is 11.5 Å². The predicted molar refractivity (Wildman–Crippen MR) is 94.7 cm³/mol. The Bertz CT molecular complexity index is 836. The summed E-state index contributed by atoms with van der Waals surface area (Å²) in [6.07, 6.45) is 1.28. The molecule has 6 nitrogen and oxygen atoms in total. The van der Waals surface area contributed by atoms with Crippen molar-refractivity contribution in [2.45, 2.75) is 27.7 Å². The van der Waals surface area contributed by atoms with Gasteiger partial charge in [-0.3, -0.25) is 19.2 Å². The van der Waals surface area contributed by atoms with Crippen LogP contribution in [0.25, 0.3) is 11.1 Å². The molecule has 0 N–H and O–H groups in total. The van der Waals surface area contributed by atoms with E-state index in [0.717, 1.165) is 0 Å². The standard InChI is InChI=1S/C20H18O6/c1-11-5-17(25-13(3)23)7-15(9-21)19(11)20-12(2)6-18(26-14(4)24)8-16(20)10-22/h5-10H,1-4H3. The molecule has 0 aromatic heterocycles. The largest absolute Gasteiger partial charge is 0.427 e. The van der Waals surface area contributed by atoms with Gasteiger partial charge in [-0.15, -0.1) is 0 Å². The van der Waals surface area contributed by atoms with Gasteiger partial charge in [0.2, 0.25) is 0 Å². The highest BCUT2D eigenvalue weighted by Crippen LogP contribution is 2.36. The predicted octanol–water partition coefficient (Wildman–Crippen LogP) is 3.45. The third-order valence-corrected chi connectivity index (χ3v) is 3.71. The van der Waals surface area contributed by atoms with E-state index in [0.29, 0.717) is 34.8 Å². The molecule has 0 amide bonds. The number of aldehydes is 2. The molecular weight excluding hydrogens is 336 g/mol. The molecule has 0 aliphatic carbocycles. The number of hydrogen-bond acceptors (Lipinski definition) is 6. The topological polar surface area (TPSA) is 86.7 Å². The van der Waals surface area contributed by atoms with Crippen LogP contribution >= 0.6 is 0 Å². The average molecular weight is 354 g/mol. The SMILES string of the molecule is CC(=O)Oc1cc(C)c(-c2c(C)cc(OC(C)=O)cc2C=O)c(C=O)c1. The minimum atomic E-state index is -0.496. The van der Waals surface area contributed by atoms with Crippen LogP contribution in [-0.4, -0.2) is 24.5 Å². The van der Waals surface area contributed by atoms with Crippen LogP contribution in [0.15, 0.2) is 24.3 Å². The molecule has 134 valence electrons. The van der Waals surface area contributed by atoms with Gasteiger partial charge >= 0.3 is 11.9 Å². The Morgan fingerprint density at radius 3 is 1.35 bits per heavy atom. The van der Waals surface area contributed by atoms with E-state index in [4.69, 9.17) is 9.47 Å². The number of esters is 2. The van der Waals surface area contributed by atoms with Gasteiger partial charge in [-0.25, -0.2) is 0 Å². The maximum absolute atomic E-state index is 11.6. The monoisotopic (exact) mass is 354 g/mol. The number of aryl methyl sites for hydroxylation is 2. The minimum Gasteiger partial charge on any atom is -0.427 e. The zero-order valence-electron chi connectivity index (χ0n) is 14.9. The van der Waals surface area contributed by atoms with Crippen LogP contribution in [0.2, 0.25) is 0 Å². The molecule has 2 aromatic carbocycles. The first-order chi connectivity index (χ1) is 12.3. The van der Waals surface area contributed by atoms with Crippen LogP contribution in [-0.2, 0) is 9.59 Å². The van der Waals surface area contributed by atoms with Gasteiger partial charge in [0.15, 0.2) is 12.6 Å². The van der Waals surface area contributed by atoms with Crippen molar-refractivity contribution >= 4 is 24.5 Å². The number of carbonyl (C=O) groups excluding carboxylic acids is 4. The van der Waals surface area contributed by atoms with Crippen LogP contribution < -0.4 is 9.47 Å². The van der Waals surface area contributed by atoms with Crippen molar-refractivity contribution in [2.24, 2.45) is 0 Å². The molecule has 6 heteroatoms. The second-order valence-corrected chi connectivity index (χ2v) is 5.83. The highest BCUT2D eigenvalue weighted by molar-refractivity contribution is 5.98. The lowest BCUT2D eigenvalue weighted by atomic mass is 9.89. The molecule has 0 atom stereocenters. The molecular formula is C20H18O6. The fraction of sp³-hybridized carbons (Fsp3) is 0.200. The second kappa shape index (κ2) is 7.74. The zero-order valence-corrected chi connectivity index (χ0v) is 14.9. The van der Waals surface area contributed by atoms with Gasteiger partial charge in [-0.05, 0) is 60.4 Å². The molecule has 0 aliphatic heterocycles. The quantitative estimate of drug-likeness (QED) is 0.464. The maximum atomic E-state index is 11.6. The summed E-state index contributed by atoms with van der Waals surface area (Å²) in [6, 6.07) is 6.14. The van der Waals surface area contributed by atoms with Gasteiger partial charge in [0.05, 0.1) is 0 Å². The van der Waals surface area contributed by atoms with E-state index in [1.807, 2.05) is 0 Å². The first-order valence-electron chi connectivity index (χ1n) is 7.83. The van der Waals surface area contributed by atoms with E-state index in [1.165, 1.54) is 26.0 Å². The van der Waals surface area contributed by atoms with Crippen LogP contribution in [0.4, 0.5) is 0 Å². The Morgan fingerprint density at radius 1 is 0.731 bits per heavy atom. The Balaban J connectivity index is 2.71. The van der Waals surface area contributed by atoms with Crippen molar-refractivity contribution in [2.75, 3.05) is 0 Å². The van der Waals surface area contributed by atoms with E-state index in [2.05, 4.69) is 0 Å². The molecule has 0 heterocycles. The minimum absolute atomic E-state index is 0.252. The Morgan fingerprint density at radius 2 is 1.08 bits per heavy atom. The fourth-order valence-corrected chi connectivity index (χ4v) is 2.88. The van der Waals surface area contributed by atoms with Crippen LogP contribution in [0.1, 0.15) is 45.7 Å².